The SMILES string of the molecule is CC(C)[C@H](NC(=O)[C@H](CCCCN)NC(=O)[C@H](C)N)C(=O)N[C@@H](C)C(=O)N[C@@H](CCC(=O)O)C(=O)O. The second kappa shape index (κ2) is 16.4. The van der Waals surface area contributed by atoms with Gasteiger partial charge in [-0.2, -0.15) is 0 Å². The predicted octanol–water partition coefficient (Wildman–Crippen LogP) is -1.97. The third-order valence-corrected chi connectivity index (χ3v) is 5.25. The monoisotopic (exact) mass is 516 g/mol. The van der Waals surface area contributed by atoms with Gasteiger partial charge in [-0.05, 0) is 52.0 Å². The molecule has 5 atom stereocenters. The van der Waals surface area contributed by atoms with Crippen LogP contribution in [0.2, 0.25) is 0 Å². The van der Waals surface area contributed by atoms with E-state index in [1.807, 2.05) is 0 Å². The fourth-order valence-electron chi connectivity index (χ4n) is 3.04. The van der Waals surface area contributed by atoms with E-state index in [2.05, 4.69) is 21.3 Å². The minimum Gasteiger partial charge on any atom is -0.481 e. The molecule has 0 aromatic heterocycles. The summed E-state index contributed by atoms with van der Waals surface area (Å²) in [4.78, 5) is 72.2. The largest absolute Gasteiger partial charge is 0.481 e. The quantitative estimate of drug-likeness (QED) is 0.0990. The Labute approximate surface area is 210 Å². The average molecular weight is 517 g/mol. The molecule has 0 aliphatic carbocycles. The molecule has 0 spiro atoms. The van der Waals surface area contributed by atoms with E-state index in [1.165, 1.54) is 13.8 Å². The second-order valence-corrected chi connectivity index (χ2v) is 8.93. The molecule has 0 aliphatic heterocycles. The van der Waals surface area contributed by atoms with Crippen LogP contribution in [0, 0.1) is 5.92 Å². The van der Waals surface area contributed by atoms with E-state index >= 15 is 0 Å². The number of carbonyl (C=O) groups is 6. The minimum absolute atomic E-state index is 0.277. The van der Waals surface area contributed by atoms with Crippen molar-refractivity contribution in [2.45, 2.75) is 90.0 Å². The van der Waals surface area contributed by atoms with Crippen molar-refractivity contribution >= 4 is 35.6 Å². The molecule has 0 rings (SSSR count). The lowest BCUT2D eigenvalue weighted by atomic mass is 10.0. The van der Waals surface area contributed by atoms with Gasteiger partial charge in [0.2, 0.25) is 23.6 Å². The van der Waals surface area contributed by atoms with Gasteiger partial charge >= 0.3 is 11.9 Å². The Kier molecular flexibility index (Phi) is 14.9. The Hall–Kier alpha value is -3.26. The van der Waals surface area contributed by atoms with Crippen LogP contribution in [0.1, 0.15) is 59.8 Å². The molecule has 0 saturated heterocycles. The maximum atomic E-state index is 12.9. The first-order chi connectivity index (χ1) is 16.7. The Bertz CT molecular complexity index is 789. The van der Waals surface area contributed by atoms with Crippen LogP contribution in [0.4, 0.5) is 0 Å². The van der Waals surface area contributed by atoms with Crippen LogP contribution in [0.25, 0.3) is 0 Å². The summed E-state index contributed by atoms with van der Waals surface area (Å²) in [5.41, 5.74) is 11.1. The van der Waals surface area contributed by atoms with Crippen LogP contribution >= 0.6 is 0 Å². The molecule has 0 radical (unpaired) electrons. The van der Waals surface area contributed by atoms with Gasteiger partial charge in [0.25, 0.3) is 0 Å². The number of amides is 4. The molecule has 0 aromatic carbocycles. The van der Waals surface area contributed by atoms with Gasteiger partial charge in [0.15, 0.2) is 0 Å². The first kappa shape index (κ1) is 32.7. The molecule has 14 heteroatoms. The van der Waals surface area contributed by atoms with Crippen molar-refractivity contribution in [1.82, 2.24) is 21.3 Å². The summed E-state index contributed by atoms with van der Waals surface area (Å²) in [6.45, 7) is 6.54. The molecule has 0 unspecified atom stereocenters. The lowest BCUT2D eigenvalue weighted by Crippen LogP contribution is -2.59. The topological polar surface area (TPSA) is 243 Å². The van der Waals surface area contributed by atoms with Crippen molar-refractivity contribution in [1.29, 1.82) is 0 Å². The van der Waals surface area contributed by atoms with Crippen molar-refractivity contribution in [2.75, 3.05) is 6.54 Å². The zero-order chi connectivity index (χ0) is 28.0. The van der Waals surface area contributed by atoms with Crippen LogP contribution in [0.5, 0.6) is 0 Å². The van der Waals surface area contributed by atoms with Crippen molar-refractivity contribution < 1.29 is 39.0 Å². The molecule has 4 amide bonds. The lowest BCUT2D eigenvalue weighted by molar-refractivity contribution is -0.143. The fourth-order valence-corrected chi connectivity index (χ4v) is 3.04. The Balaban J connectivity index is 5.30. The zero-order valence-corrected chi connectivity index (χ0v) is 21.2. The minimum atomic E-state index is -1.45. The van der Waals surface area contributed by atoms with Gasteiger partial charge < -0.3 is 42.9 Å². The molecule has 10 N–H and O–H groups in total. The van der Waals surface area contributed by atoms with E-state index in [9.17, 15) is 33.9 Å². The summed E-state index contributed by atoms with van der Waals surface area (Å²) < 4.78 is 0. The number of nitrogens with one attached hydrogen (secondary N) is 4. The van der Waals surface area contributed by atoms with Gasteiger partial charge in [0.05, 0.1) is 6.04 Å². The van der Waals surface area contributed by atoms with Gasteiger partial charge in [-0.1, -0.05) is 13.8 Å². The van der Waals surface area contributed by atoms with Crippen LogP contribution in [-0.2, 0) is 28.8 Å². The summed E-state index contributed by atoms with van der Waals surface area (Å²) in [6, 6.07) is -5.49. The molecule has 0 saturated carbocycles. The van der Waals surface area contributed by atoms with Gasteiger partial charge in [0, 0.05) is 6.42 Å². The van der Waals surface area contributed by atoms with E-state index in [4.69, 9.17) is 16.6 Å². The molecule has 14 nitrogen and oxygen atoms in total. The highest BCUT2D eigenvalue weighted by Crippen LogP contribution is 2.07. The number of carbonyl (C=O) groups excluding carboxylic acids is 4. The zero-order valence-electron chi connectivity index (χ0n) is 21.2. The van der Waals surface area contributed by atoms with Gasteiger partial charge in [-0.25, -0.2) is 4.79 Å². The highest BCUT2D eigenvalue weighted by atomic mass is 16.4. The van der Waals surface area contributed by atoms with Crippen LogP contribution in [-0.4, -0.2) is 82.5 Å². The number of carboxylic acid groups (broad SMARTS) is 2. The molecule has 0 aromatic rings. The molecule has 0 fully saturated rings. The third kappa shape index (κ3) is 12.4. The van der Waals surface area contributed by atoms with E-state index in [1.54, 1.807) is 13.8 Å². The molecular weight excluding hydrogens is 476 g/mol. The molecule has 206 valence electrons. The molecule has 36 heavy (non-hydrogen) atoms. The maximum absolute atomic E-state index is 12.9. The molecule has 0 aliphatic rings. The number of carboxylic acids is 2. The van der Waals surface area contributed by atoms with Gasteiger partial charge in [-0.3, -0.25) is 24.0 Å². The number of hydrogen-bond donors (Lipinski definition) is 8. The number of aliphatic carboxylic acids is 2. The van der Waals surface area contributed by atoms with Crippen molar-refractivity contribution in [3.05, 3.63) is 0 Å². The number of hydrogen-bond acceptors (Lipinski definition) is 8. The van der Waals surface area contributed by atoms with Crippen molar-refractivity contribution in [3.8, 4) is 0 Å². The maximum Gasteiger partial charge on any atom is 0.326 e. The Morgan fingerprint density at radius 2 is 1.31 bits per heavy atom. The summed E-state index contributed by atoms with van der Waals surface area (Å²) in [5, 5.41) is 27.7. The molecule has 0 bridgehead atoms. The highest BCUT2D eigenvalue weighted by Gasteiger charge is 2.31. The molecule has 0 heterocycles. The van der Waals surface area contributed by atoms with Crippen LogP contribution < -0.4 is 32.7 Å². The predicted molar refractivity (Wildman–Crippen MR) is 129 cm³/mol. The second-order valence-electron chi connectivity index (χ2n) is 8.93. The molecular formula is C22H40N6O8. The van der Waals surface area contributed by atoms with E-state index in [-0.39, 0.29) is 12.8 Å². The van der Waals surface area contributed by atoms with E-state index in [0.29, 0.717) is 19.4 Å². The summed E-state index contributed by atoms with van der Waals surface area (Å²) >= 11 is 0. The normalized spacial score (nSPS) is 15.1. The highest BCUT2D eigenvalue weighted by molar-refractivity contribution is 5.95. The first-order valence-corrected chi connectivity index (χ1v) is 11.8. The van der Waals surface area contributed by atoms with Gasteiger partial charge in [-0.15, -0.1) is 0 Å². The van der Waals surface area contributed by atoms with Crippen molar-refractivity contribution in [2.24, 2.45) is 17.4 Å². The van der Waals surface area contributed by atoms with E-state index in [0.717, 1.165) is 0 Å². The summed E-state index contributed by atoms with van der Waals surface area (Å²) in [5.74, 6) is -5.70. The number of nitrogens with two attached hydrogens (primary N) is 2. The van der Waals surface area contributed by atoms with E-state index < -0.39 is 78.1 Å². The van der Waals surface area contributed by atoms with Crippen molar-refractivity contribution in [3.63, 3.8) is 0 Å². The Morgan fingerprint density at radius 3 is 1.78 bits per heavy atom. The Morgan fingerprint density at radius 1 is 0.722 bits per heavy atom. The number of rotatable bonds is 17. The lowest BCUT2D eigenvalue weighted by Gasteiger charge is -2.27. The fraction of sp³-hybridized carbons (Fsp3) is 0.727. The number of unbranched alkanes of at least 4 members (excludes halogenated alkanes) is 1. The van der Waals surface area contributed by atoms with Crippen LogP contribution in [0.3, 0.4) is 0 Å². The summed E-state index contributed by atoms with van der Waals surface area (Å²) in [6.07, 6.45) is 0.657. The smallest absolute Gasteiger partial charge is 0.326 e. The standard InChI is InChI=1S/C22H40N6O8/c1-11(2)17(28-20(33)14(7-5-6-10-23)26-18(31)12(3)24)21(34)25-13(4)19(32)27-15(22(35)36)8-9-16(29)30/h11-15,17H,5-10,23-24H2,1-4H3,(H,25,34)(H,26,31)(H,27,32)(H,28,33)(H,29,30)(H,35,36)/t12-,13-,14-,15-,17-/m0/s1. The first-order valence-electron chi connectivity index (χ1n) is 11.8. The summed E-state index contributed by atoms with van der Waals surface area (Å²) in [7, 11) is 0. The van der Waals surface area contributed by atoms with Gasteiger partial charge in [0.1, 0.15) is 24.2 Å². The average Bonchev–Trinajstić information content (AvgIpc) is 2.78. The van der Waals surface area contributed by atoms with Crippen LogP contribution in [0.15, 0.2) is 0 Å². The third-order valence-electron chi connectivity index (χ3n) is 5.25.